The molecule has 98 valence electrons. The maximum absolute atomic E-state index is 6.25. The molecule has 11 heteroatoms. The lowest BCUT2D eigenvalue weighted by molar-refractivity contribution is 0.881. The number of H-pyrrole nitrogens is 2. The topological polar surface area (TPSA) is 126 Å². The van der Waals surface area contributed by atoms with Crippen LogP contribution in [0.4, 0.5) is 0 Å². The molecule has 0 fully saturated rings. The molecular weight excluding hydrogens is 284 g/mol. The van der Waals surface area contributed by atoms with Crippen LogP contribution in [-0.4, -0.2) is 50.6 Å². The third-order valence-corrected chi connectivity index (χ3v) is 3.05. The fourth-order valence-electron chi connectivity index (χ4n) is 1.95. The predicted octanol–water partition coefficient (Wildman–Crippen LogP) is 0.348. The molecule has 0 radical (unpaired) electrons. The minimum absolute atomic E-state index is 0.350. The van der Waals surface area contributed by atoms with Crippen LogP contribution in [0.3, 0.4) is 0 Å². The minimum Gasteiger partial charge on any atom is -0.285 e. The van der Waals surface area contributed by atoms with Crippen molar-refractivity contribution in [1.82, 2.24) is 50.6 Å². The van der Waals surface area contributed by atoms with Crippen LogP contribution in [0.5, 0.6) is 0 Å². The van der Waals surface area contributed by atoms with E-state index in [1.165, 1.54) is 0 Å². The highest BCUT2D eigenvalue weighted by atomic mass is 35.5. The monoisotopic (exact) mass is 288 g/mol. The van der Waals surface area contributed by atoms with Gasteiger partial charge in [-0.1, -0.05) is 11.6 Å². The van der Waals surface area contributed by atoms with Crippen molar-refractivity contribution in [1.29, 1.82) is 0 Å². The van der Waals surface area contributed by atoms with E-state index in [2.05, 4.69) is 46.2 Å². The van der Waals surface area contributed by atoms with Crippen LogP contribution in [0.2, 0.25) is 5.02 Å². The van der Waals surface area contributed by atoms with E-state index in [0.29, 0.717) is 33.7 Å². The second-order valence-electron chi connectivity index (χ2n) is 3.84. The van der Waals surface area contributed by atoms with Gasteiger partial charge in [0.15, 0.2) is 0 Å². The third kappa shape index (κ3) is 1.48. The number of halogens is 1. The Hall–Kier alpha value is -2.88. The van der Waals surface area contributed by atoms with Crippen LogP contribution in [0.15, 0.2) is 18.3 Å². The zero-order valence-electron chi connectivity index (χ0n) is 9.69. The first-order valence-electron chi connectivity index (χ1n) is 5.48. The number of nitrogens with one attached hydrogen (secondary N) is 2. The largest absolute Gasteiger partial charge is 0.285 e. The minimum atomic E-state index is 0.350. The zero-order valence-corrected chi connectivity index (χ0v) is 10.4. The Labute approximate surface area is 115 Å². The summed E-state index contributed by atoms with van der Waals surface area (Å²) in [6.07, 6.45) is 1.63. The molecule has 0 aliphatic heterocycles. The number of hydrogen-bond donors (Lipinski definition) is 2. The number of imidazole rings is 1. The van der Waals surface area contributed by atoms with Crippen LogP contribution < -0.4 is 0 Å². The summed E-state index contributed by atoms with van der Waals surface area (Å²) in [6, 6.07) is 3.49. The Morgan fingerprint density at radius 3 is 2.45 bits per heavy atom. The molecule has 0 bridgehead atoms. The van der Waals surface area contributed by atoms with Crippen molar-refractivity contribution in [3.63, 3.8) is 0 Å². The first kappa shape index (κ1) is 11.0. The second kappa shape index (κ2) is 4.06. The van der Waals surface area contributed by atoms with Crippen LogP contribution in [0, 0.1) is 0 Å². The van der Waals surface area contributed by atoms with Gasteiger partial charge in [-0.05, 0) is 22.6 Å². The van der Waals surface area contributed by atoms with Gasteiger partial charge in [-0.25, -0.2) is 4.98 Å². The Morgan fingerprint density at radius 1 is 1.00 bits per heavy atom. The second-order valence-corrected chi connectivity index (χ2v) is 4.24. The Kier molecular flexibility index (Phi) is 2.23. The fourth-order valence-corrected chi connectivity index (χ4v) is 2.18. The maximum Gasteiger partial charge on any atom is 0.223 e. The van der Waals surface area contributed by atoms with Crippen LogP contribution >= 0.6 is 11.6 Å². The highest BCUT2D eigenvalue weighted by molar-refractivity contribution is 6.33. The van der Waals surface area contributed by atoms with Gasteiger partial charge in [0, 0.05) is 0 Å². The molecule has 0 aliphatic carbocycles. The predicted molar refractivity (Wildman–Crippen MR) is 66.5 cm³/mol. The van der Waals surface area contributed by atoms with Gasteiger partial charge in [-0.2, -0.15) is 10.4 Å². The molecule has 10 nitrogen and oxygen atoms in total. The zero-order chi connectivity index (χ0) is 13.5. The van der Waals surface area contributed by atoms with Crippen molar-refractivity contribution in [3.8, 4) is 23.0 Å². The number of tetrazole rings is 2. The fraction of sp³-hybridized carbons (Fsp3) is 0. The molecule has 4 heterocycles. The van der Waals surface area contributed by atoms with Gasteiger partial charge >= 0.3 is 0 Å². The maximum atomic E-state index is 6.25. The van der Waals surface area contributed by atoms with E-state index < -0.39 is 0 Å². The summed E-state index contributed by atoms with van der Waals surface area (Å²) in [7, 11) is 0. The van der Waals surface area contributed by atoms with Crippen molar-refractivity contribution in [2.45, 2.75) is 0 Å². The molecule has 4 aromatic rings. The molecule has 0 saturated carbocycles. The molecule has 0 amide bonds. The van der Waals surface area contributed by atoms with Crippen molar-refractivity contribution < 1.29 is 0 Å². The van der Waals surface area contributed by atoms with Gasteiger partial charge in [0.05, 0.1) is 11.2 Å². The lowest BCUT2D eigenvalue weighted by atomic mass is 10.3. The molecule has 0 atom stereocenters. The molecule has 4 aromatic heterocycles. The van der Waals surface area contributed by atoms with Gasteiger partial charge in [0.25, 0.3) is 0 Å². The summed E-state index contributed by atoms with van der Waals surface area (Å²) in [5.41, 5.74) is 1.83. The number of aromatic nitrogens is 10. The van der Waals surface area contributed by atoms with E-state index in [0.717, 1.165) is 0 Å². The van der Waals surface area contributed by atoms with Crippen LogP contribution in [-0.2, 0) is 0 Å². The van der Waals surface area contributed by atoms with Gasteiger partial charge in [0.1, 0.15) is 17.0 Å². The molecule has 2 N–H and O–H groups in total. The van der Waals surface area contributed by atoms with E-state index in [1.807, 2.05) is 0 Å². The van der Waals surface area contributed by atoms with Gasteiger partial charge in [-0.15, -0.1) is 20.4 Å². The molecule has 0 spiro atoms. The highest BCUT2D eigenvalue weighted by Gasteiger charge is 2.18. The smallest absolute Gasteiger partial charge is 0.223 e. The lowest BCUT2D eigenvalue weighted by Gasteiger charge is -2.05. The number of hydrogen-bond acceptors (Lipinski definition) is 7. The SMILES string of the molecule is Clc1ccc2ncc(-c3nn[nH]n3)n2c1-c1nn[nH]n1. The number of pyridine rings is 1. The van der Waals surface area contributed by atoms with E-state index in [9.17, 15) is 0 Å². The van der Waals surface area contributed by atoms with E-state index in [-0.39, 0.29) is 0 Å². The van der Waals surface area contributed by atoms with Gasteiger partial charge < -0.3 is 0 Å². The number of nitrogens with zero attached hydrogens (tertiary/aromatic N) is 8. The normalized spacial score (nSPS) is 11.2. The molecule has 0 unspecified atom stereocenters. The highest BCUT2D eigenvalue weighted by Crippen LogP contribution is 2.29. The van der Waals surface area contributed by atoms with Crippen LogP contribution in [0.1, 0.15) is 0 Å². The first-order chi connectivity index (χ1) is 9.84. The number of rotatable bonds is 2. The number of aromatic amines is 2. The summed E-state index contributed by atoms with van der Waals surface area (Å²) in [6.45, 7) is 0. The molecule has 0 saturated heterocycles. The number of fused-ring (bicyclic) bond motifs is 1. The average molecular weight is 289 g/mol. The van der Waals surface area contributed by atoms with Crippen molar-refractivity contribution in [2.75, 3.05) is 0 Å². The molecular formula is C9H5ClN10. The molecule has 20 heavy (non-hydrogen) atoms. The van der Waals surface area contributed by atoms with Crippen molar-refractivity contribution in [2.24, 2.45) is 0 Å². The first-order valence-corrected chi connectivity index (χ1v) is 5.86. The summed E-state index contributed by atoms with van der Waals surface area (Å²) >= 11 is 6.25. The van der Waals surface area contributed by atoms with E-state index in [4.69, 9.17) is 11.6 Å². The standard InChI is InChI=1S/C9H5ClN10/c10-4-1-2-6-11-3-5(8-12-16-17-13-8)20(6)7(4)9-14-18-19-15-9/h1-3H,(H,12,13,16,17)(H,14,15,18,19). The van der Waals surface area contributed by atoms with E-state index >= 15 is 0 Å². The molecule has 0 aliphatic rings. The van der Waals surface area contributed by atoms with Crippen LogP contribution in [0.25, 0.3) is 28.7 Å². The Bertz CT molecular complexity index is 862. The van der Waals surface area contributed by atoms with E-state index in [1.54, 1.807) is 22.7 Å². The molecule has 4 rings (SSSR count). The Morgan fingerprint density at radius 2 is 1.75 bits per heavy atom. The third-order valence-electron chi connectivity index (χ3n) is 2.75. The van der Waals surface area contributed by atoms with Crippen molar-refractivity contribution >= 4 is 17.2 Å². The molecule has 0 aromatic carbocycles. The van der Waals surface area contributed by atoms with Gasteiger partial charge in [0.2, 0.25) is 11.6 Å². The summed E-state index contributed by atoms with van der Waals surface area (Å²) in [5, 5.41) is 28.1. The Balaban J connectivity index is 2.11. The van der Waals surface area contributed by atoms with Crippen molar-refractivity contribution in [3.05, 3.63) is 23.4 Å². The lowest BCUT2D eigenvalue weighted by Crippen LogP contribution is -1.98. The quantitative estimate of drug-likeness (QED) is 0.545. The summed E-state index contributed by atoms with van der Waals surface area (Å²) in [4.78, 5) is 4.28. The van der Waals surface area contributed by atoms with Gasteiger partial charge in [-0.3, -0.25) is 4.40 Å². The summed E-state index contributed by atoms with van der Waals surface area (Å²) < 4.78 is 1.75. The average Bonchev–Trinajstić information content (AvgIpc) is 3.19. The summed E-state index contributed by atoms with van der Waals surface area (Å²) in [5.74, 6) is 0.743.